The monoisotopic (exact) mass is 468 g/mol. The molecule has 13 nitrogen and oxygen atoms in total. The summed E-state index contributed by atoms with van der Waals surface area (Å²) >= 11 is 0. The summed E-state index contributed by atoms with van der Waals surface area (Å²) in [5.41, 5.74) is -0.837. The first-order valence-corrected chi connectivity index (χ1v) is 9.34. The third kappa shape index (κ3) is 5.01. The molecule has 33 heavy (non-hydrogen) atoms. The number of hydrogen-bond donors (Lipinski definition) is 8. The predicted octanol–water partition coefficient (Wildman–Crippen LogP) is -0.749. The van der Waals surface area contributed by atoms with Crippen LogP contribution in [-0.4, -0.2) is 90.1 Å². The molecule has 1 heterocycles. The molecular formula is C20H20O13. The molecule has 2 aromatic carbocycles. The van der Waals surface area contributed by atoms with E-state index in [1.54, 1.807) is 0 Å². The number of rotatable bonds is 6. The molecule has 1 saturated heterocycles. The van der Waals surface area contributed by atoms with Crippen molar-refractivity contribution in [3.63, 3.8) is 0 Å². The van der Waals surface area contributed by atoms with Crippen LogP contribution >= 0.6 is 0 Å². The first-order chi connectivity index (χ1) is 15.5. The minimum absolute atomic E-state index is 0.149. The average molecular weight is 468 g/mol. The number of carbonyl (C=O) groups excluding carboxylic acids is 1. The van der Waals surface area contributed by atoms with E-state index in [9.17, 15) is 45.3 Å². The molecule has 5 atom stereocenters. The van der Waals surface area contributed by atoms with E-state index >= 15 is 0 Å². The topological polar surface area (TPSA) is 224 Å². The number of carboxylic acids is 1. The molecule has 2 aromatic rings. The molecule has 0 aromatic heterocycles. The maximum Gasteiger partial charge on any atom is 0.339 e. The lowest BCUT2D eigenvalue weighted by Crippen LogP contribution is -2.60. The molecule has 1 fully saturated rings. The van der Waals surface area contributed by atoms with Crippen LogP contribution in [0.1, 0.15) is 20.7 Å². The van der Waals surface area contributed by atoms with Gasteiger partial charge < -0.3 is 55.1 Å². The van der Waals surface area contributed by atoms with Crippen molar-refractivity contribution in [1.82, 2.24) is 0 Å². The van der Waals surface area contributed by atoms with Gasteiger partial charge in [-0.3, -0.25) is 0 Å². The van der Waals surface area contributed by atoms with Gasteiger partial charge >= 0.3 is 11.9 Å². The maximum atomic E-state index is 12.2. The fourth-order valence-electron chi connectivity index (χ4n) is 3.01. The molecule has 13 heteroatoms. The van der Waals surface area contributed by atoms with E-state index in [1.165, 1.54) is 6.07 Å². The van der Waals surface area contributed by atoms with Crippen LogP contribution in [0.25, 0.3) is 0 Å². The highest BCUT2D eigenvalue weighted by Gasteiger charge is 2.45. The molecule has 1 aliphatic heterocycles. The minimum Gasteiger partial charge on any atom is -0.507 e. The zero-order valence-electron chi connectivity index (χ0n) is 16.6. The van der Waals surface area contributed by atoms with E-state index in [-0.39, 0.29) is 11.3 Å². The average Bonchev–Trinajstić information content (AvgIpc) is 2.77. The van der Waals surface area contributed by atoms with E-state index in [1.807, 2.05) is 0 Å². The molecule has 1 aliphatic rings. The van der Waals surface area contributed by atoms with Crippen LogP contribution in [0.5, 0.6) is 28.7 Å². The first kappa shape index (κ1) is 23.9. The van der Waals surface area contributed by atoms with Crippen LogP contribution in [0, 0.1) is 0 Å². The van der Waals surface area contributed by atoms with E-state index < -0.39 is 77.8 Å². The second-order valence-corrected chi connectivity index (χ2v) is 7.08. The lowest BCUT2D eigenvalue weighted by atomic mass is 9.99. The Balaban J connectivity index is 1.71. The molecule has 0 radical (unpaired) electrons. The van der Waals surface area contributed by atoms with Gasteiger partial charge in [-0.1, -0.05) is 0 Å². The van der Waals surface area contributed by atoms with Crippen LogP contribution in [0.15, 0.2) is 30.3 Å². The van der Waals surface area contributed by atoms with Crippen LogP contribution < -0.4 is 4.74 Å². The molecule has 0 saturated carbocycles. The van der Waals surface area contributed by atoms with E-state index in [4.69, 9.17) is 19.3 Å². The molecule has 0 spiro atoms. The SMILES string of the molecule is O=C(OC[C@H]1O[C@@H](Oc2ccc(O)c(C(=O)O)c2)[C@H](O)[C@@H](O)[C@@H]1O)c1cc(O)c(O)c(O)c1. The highest BCUT2D eigenvalue weighted by atomic mass is 16.7. The lowest BCUT2D eigenvalue weighted by Gasteiger charge is -2.39. The number of hydrogen-bond acceptors (Lipinski definition) is 12. The normalized spacial score (nSPS) is 24.8. The van der Waals surface area contributed by atoms with Crippen molar-refractivity contribution in [2.75, 3.05) is 6.61 Å². The zero-order chi connectivity index (χ0) is 24.4. The third-order valence-corrected chi connectivity index (χ3v) is 4.80. The maximum absolute atomic E-state index is 12.2. The number of aromatic hydroxyl groups is 4. The third-order valence-electron chi connectivity index (χ3n) is 4.80. The number of phenols is 4. The first-order valence-electron chi connectivity index (χ1n) is 9.34. The standard InChI is InChI=1S/C20H20O13/c21-10-2-1-8(5-9(10)18(28)29)32-20-17(27)16(26)15(25)13(33-20)6-31-19(30)7-3-11(22)14(24)12(23)4-7/h1-5,13,15-17,20-27H,6H2,(H,28,29)/t13-,15-,16+,17-,20-/m1/s1. The Kier molecular flexibility index (Phi) is 6.78. The van der Waals surface area contributed by atoms with E-state index in [2.05, 4.69) is 0 Å². The number of ether oxygens (including phenoxy) is 3. The van der Waals surface area contributed by atoms with Gasteiger partial charge in [0, 0.05) is 0 Å². The summed E-state index contributed by atoms with van der Waals surface area (Å²) < 4.78 is 15.7. The van der Waals surface area contributed by atoms with E-state index in [0.29, 0.717) is 0 Å². The van der Waals surface area contributed by atoms with Crippen LogP contribution in [0.2, 0.25) is 0 Å². The Labute approximate surface area is 184 Å². The van der Waals surface area contributed by atoms with Crippen LogP contribution in [0.3, 0.4) is 0 Å². The number of aliphatic hydroxyl groups excluding tert-OH is 3. The Bertz CT molecular complexity index is 1030. The lowest BCUT2D eigenvalue weighted by molar-refractivity contribution is -0.277. The summed E-state index contributed by atoms with van der Waals surface area (Å²) in [5, 5.41) is 77.3. The molecule has 178 valence electrons. The molecule has 8 N–H and O–H groups in total. The summed E-state index contributed by atoms with van der Waals surface area (Å²) in [5.74, 6) is -5.62. The molecule has 0 amide bonds. The highest BCUT2D eigenvalue weighted by Crippen LogP contribution is 2.35. The summed E-state index contributed by atoms with van der Waals surface area (Å²) in [6.45, 7) is -0.665. The number of carbonyl (C=O) groups is 2. The minimum atomic E-state index is -1.80. The van der Waals surface area contributed by atoms with Gasteiger partial charge in [-0.15, -0.1) is 0 Å². The summed E-state index contributed by atoms with van der Waals surface area (Å²) in [6, 6.07) is 4.80. The fraction of sp³-hybridized carbons (Fsp3) is 0.300. The Morgan fingerprint density at radius 3 is 2.12 bits per heavy atom. The van der Waals surface area contributed by atoms with Gasteiger partial charge in [-0.05, 0) is 30.3 Å². The molecule has 3 rings (SSSR count). The second kappa shape index (κ2) is 9.38. The number of benzene rings is 2. The van der Waals surface area contributed by atoms with Gasteiger partial charge in [0.25, 0.3) is 0 Å². The number of esters is 1. The van der Waals surface area contributed by atoms with Crippen molar-refractivity contribution in [2.24, 2.45) is 0 Å². The molecular weight excluding hydrogens is 448 g/mol. The Morgan fingerprint density at radius 2 is 1.52 bits per heavy atom. The van der Waals surface area contributed by atoms with Gasteiger partial charge in [0.05, 0.1) is 5.56 Å². The largest absolute Gasteiger partial charge is 0.507 e. The van der Waals surface area contributed by atoms with Gasteiger partial charge in [-0.2, -0.15) is 0 Å². The van der Waals surface area contributed by atoms with Crippen LogP contribution in [0.4, 0.5) is 0 Å². The summed E-state index contributed by atoms with van der Waals surface area (Å²) in [6.07, 6.45) is -8.33. The van der Waals surface area contributed by atoms with Gasteiger partial charge in [0.1, 0.15) is 48.1 Å². The highest BCUT2D eigenvalue weighted by molar-refractivity contribution is 5.91. The smallest absolute Gasteiger partial charge is 0.339 e. The fourth-order valence-corrected chi connectivity index (χ4v) is 3.01. The summed E-state index contributed by atoms with van der Waals surface area (Å²) in [4.78, 5) is 23.3. The van der Waals surface area contributed by atoms with Gasteiger partial charge in [0.15, 0.2) is 17.2 Å². The Morgan fingerprint density at radius 1 is 0.879 bits per heavy atom. The van der Waals surface area contributed by atoms with E-state index in [0.717, 1.165) is 24.3 Å². The van der Waals surface area contributed by atoms with Crippen molar-refractivity contribution in [1.29, 1.82) is 0 Å². The molecule has 0 unspecified atom stereocenters. The van der Waals surface area contributed by atoms with Gasteiger partial charge in [-0.25, -0.2) is 9.59 Å². The Hall–Kier alpha value is -3.78. The number of aliphatic hydroxyl groups is 3. The van der Waals surface area contributed by atoms with Crippen molar-refractivity contribution in [3.05, 3.63) is 41.5 Å². The number of carboxylic acid groups (broad SMARTS) is 1. The number of phenolic OH excluding ortho intramolecular Hbond substituents is 3. The van der Waals surface area contributed by atoms with Gasteiger partial charge in [0.2, 0.25) is 6.29 Å². The molecule has 0 bridgehead atoms. The number of aromatic carboxylic acids is 1. The molecule has 0 aliphatic carbocycles. The predicted molar refractivity (Wildman–Crippen MR) is 104 cm³/mol. The quantitative estimate of drug-likeness (QED) is 0.193. The van der Waals surface area contributed by atoms with Crippen molar-refractivity contribution < 1.29 is 64.7 Å². The second-order valence-electron chi connectivity index (χ2n) is 7.08. The summed E-state index contributed by atoms with van der Waals surface area (Å²) in [7, 11) is 0. The van der Waals surface area contributed by atoms with Crippen molar-refractivity contribution in [3.8, 4) is 28.7 Å². The van der Waals surface area contributed by atoms with Crippen molar-refractivity contribution >= 4 is 11.9 Å². The zero-order valence-corrected chi connectivity index (χ0v) is 16.6. The van der Waals surface area contributed by atoms with Crippen molar-refractivity contribution in [2.45, 2.75) is 30.7 Å². The van der Waals surface area contributed by atoms with Crippen LogP contribution in [-0.2, 0) is 9.47 Å².